The Kier molecular flexibility index (Phi) is 7.26. The van der Waals surface area contributed by atoms with Crippen molar-refractivity contribution in [3.05, 3.63) is 87.3 Å². The molecular formula is C26H25N3O5S. The van der Waals surface area contributed by atoms with Crippen LogP contribution in [0.15, 0.2) is 65.7 Å². The zero-order chi connectivity index (χ0) is 24.9. The highest BCUT2D eigenvalue weighted by atomic mass is 32.1. The number of ether oxygens (including phenoxy) is 2. The normalized spacial score (nSPS) is 11.7. The number of para-hydroxylation sites is 1. The van der Waals surface area contributed by atoms with Gasteiger partial charge in [-0.25, -0.2) is 9.78 Å². The van der Waals surface area contributed by atoms with Crippen molar-refractivity contribution < 1.29 is 19.1 Å². The van der Waals surface area contributed by atoms with E-state index in [4.69, 9.17) is 9.47 Å². The number of hydrogen-bond acceptors (Lipinski definition) is 7. The van der Waals surface area contributed by atoms with Crippen molar-refractivity contribution >= 4 is 39.1 Å². The Morgan fingerprint density at radius 3 is 2.49 bits per heavy atom. The van der Waals surface area contributed by atoms with E-state index in [9.17, 15) is 14.4 Å². The molecule has 0 spiro atoms. The molecule has 1 atom stereocenters. The number of thiophene rings is 1. The minimum absolute atomic E-state index is 0.0648. The summed E-state index contributed by atoms with van der Waals surface area (Å²) < 4.78 is 12.1. The van der Waals surface area contributed by atoms with Gasteiger partial charge in [0.05, 0.1) is 11.7 Å². The standard InChI is InChI=1S/C26H25N3O5S/c1-16-9-11-19(12-10-16)28-23(30)18(3)29-15-27-24-21(25(29)31)17(2)22(35-24)26(32)34-14-13-33-20-7-5-4-6-8-20/h4-12,15,18H,13-14H2,1-3H3,(H,28,30). The molecule has 8 nitrogen and oxygen atoms in total. The van der Waals surface area contributed by atoms with Crippen molar-refractivity contribution in [2.45, 2.75) is 26.8 Å². The Morgan fingerprint density at radius 2 is 1.77 bits per heavy atom. The lowest BCUT2D eigenvalue weighted by atomic mass is 10.2. The number of nitrogens with zero attached hydrogens (tertiary/aromatic N) is 2. The number of carbonyl (C=O) groups excluding carboxylic acids is 2. The third-order valence-electron chi connectivity index (χ3n) is 5.51. The van der Waals surface area contributed by atoms with Gasteiger partial charge in [-0.1, -0.05) is 35.9 Å². The van der Waals surface area contributed by atoms with Crippen LogP contribution in [0.3, 0.4) is 0 Å². The molecule has 1 amide bonds. The molecule has 2 heterocycles. The average molecular weight is 492 g/mol. The quantitative estimate of drug-likeness (QED) is 0.288. The highest BCUT2D eigenvalue weighted by molar-refractivity contribution is 7.20. The molecule has 1 N–H and O–H groups in total. The molecule has 0 fully saturated rings. The van der Waals surface area contributed by atoms with Crippen molar-refractivity contribution in [3.63, 3.8) is 0 Å². The van der Waals surface area contributed by atoms with E-state index >= 15 is 0 Å². The number of benzene rings is 2. The van der Waals surface area contributed by atoms with Crippen molar-refractivity contribution in [1.29, 1.82) is 0 Å². The van der Waals surface area contributed by atoms with E-state index in [1.165, 1.54) is 10.9 Å². The SMILES string of the molecule is Cc1ccc(NC(=O)C(C)n2cnc3sc(C(=O)OCCOc4ccccc4)c(C)c3c2=O)cc1. The Bertz CT molecular complexity index is 1410. The van der Waals surface area contributed by atoms with Crippen LogP contribution in [0.5, 0.6) is 5.75 Å². The highest BCUT2D eigenvalue weighted by Crippen LogP contribution is 2.28. The van der Waals surface area contributed by atoms with E-state index < -0.39 is 12.0 Å². The zero-order valence-electron chi connectivity index (χ0n) is 19.6. The second-order valence-electron chi connectivity index (χ2n) is 8.02. The molecule has 4 aromatic rings. The number of rotatable bonds is 8. The van der Waals surface area contributed by atoms with Crippen LogP contribution in [0.1, 0.15) is 33.8 Å². The lowest BCUT2D eigenvalue weighted by molar-refractivity contribution is -0.118. The summed E-state index contributed by atoms with van der Waals surface area (Å²) in [4.78, 5) is 43.7. The topological polar surface area (TPSA) is 99.5 Å². The molecule has 1 unspecified atom stereocenters. The van der Waals surface area contributed by atoms with Gasteiger partial charge in [0.25, 0.3) is 5.56 Å². The number of nitrogens with one attached hydrogen (secondary N) is 1. The fourth-order valence-corrected chi connectivity index (χ4v) is 4.53. The smallest absolute Gasteiger partial charge is 0.348 e. The molecule has 35 heavy (non-hydrogen) atoms. The number of carbonyl (C=O) groups is 2. The molecule has 0 aliphatic heterocycles. The number of esters is 1. The van der Waals surface area contributed by atoms with Crippen LogP contribution in [0.2, 0.25) is 0 Å². The maximum absolute atomic E-state index is 13.2. The first-order chi connectivity index (χ1) is 16.8. The summed E-state index contributed by atoms with van der Waals surface area (Å²) in [6.07, 6.45) is 1.34. The second kappa shape index (κ2) is 10.5. The van der Waals surface area contributed by atoms with Crippen LogP contribution in [-0.4, -0.2) is 34.6 Å². The third kappa shape index (κ3) is 5.41. The van der Waals surface area contributed by atoms with E-state index in [1.54, 1.807) is 26.0 Å². The summed E-state index contributed by atoms with van der Waals surface area (Å²) in [5, 5.41) is 3.12. The molecule has 4 rings (SSSR count). The molecule has 0 bridgehead atoms. The van der Waals surface area contributed by atoms with E-state index in [1.807, 2.05) is 49.4 Å². The van der Waals surface area contributed by atoms with Gasteiger partial charge in [0.15, 0.2) is 0 Å². The minimum Gasteiger partial charge on any atom is -0.490 e. The van der Waals surface area contributed by atoms with Gasteiger partial charge < -0.3 is 14.8 Å². The first-order valence-electron chi connectivity index (χ1n) is 11.1. The van der Waals surface area contributed by atoms with Gasteiger partial charge in [-0.3, -0.25) is 14.2 Å². The summed E-state index contributed by atoms with van der Waals surface area (Å²) in [7, 11) is 0. The van der Waals surface area contributed by atoms with Crippen molar-refractivity contribution in [3.8, 4) is 5.75 Å². The third-order valence-corrected chi connectivity index (χ3v) is 6.69. The van der Waals surface area contributed by atoms with Crippen LogP contribution in [-0.2, 0) is 9.53 Å². The van der Waals surface area contributed by atoms with E-state index in [0.717, 1.165) is 16.9 Å². The van der Waals surface area contributed by atoms with Gasteiger partial charge >= 0.3 is 5.97 Å². The summed E-state index contributed by atoms with van der Waals surface area (Å²) in [6.45, 7) is 5.54. The van der Waals surface area contributed by atoms with Crippen LogP contribution in [0.4, 0.5) is 5.69 Å². The second-order valence-corrected chi connectivity index (χ2v) is 9.02. The summed E-state index contributed by atoms with van der Waals surface area (Å²) >= 11 is 1.09. The molecular weight excluding hydrogens is 466 g/mol. The largest absolute Gasteiger partial charge is 0.490 e. The zero-order valence-corrected chi connectivity index (χ0v) is 20.4. The fraction of sp³-hybridized carbons (Fsp3) is 0.231. The maximum Gasteiger partial charge on any atom is 0.348 e. The van der Waals surface area contributed by atoms with Crippen molar-refractivity contribution in [1.82, 2.24) is 9.55 Å². The minimum atomic E-state index is -0.800. The summed E-state index contributed by atoms with van der Waals surface area (Å²) in [5.74, 6) is -0.201. The molecule has 180 valence electrons. The van der Waals surface area contributed by atoms with Gasteiger partial charge in [0.2, 0.25) is 5.91 Å². The number of fused-ring (bicyclic) bond motifs is 1. The van der Waals surface area contributed by atoms with Gasteiger partial charge in [-0.15, -0.1) is 11.3 Å². The predicted molar refractivity (Wildman–Crippen MR) is 135 cm³/mol. The monoisotopic (exact) mass is 491 g/mol. The van der Waals surface area contributed by atoms with Gasteiger partial charge in [0.1, 0.15) is 34.7 Å². The first-order valence-corrected chi connectivity index (χ1v) is 11.9. The van der Waals surface area contributed by atoms with E-state index in [0.29, 0.717) is 32.1 Å². The van der Waals surface area contributed by atoms with Gasteiger partial charge in [0, 0.05) is 5.69 Å². The number of anilines is 1. The predicted octanol–water partition coefficient (Wildman–Crippen LogP) is 4.51. The molecule has 0 aliphatic rings. The molecule has 2 aromatic carbocycles. The Labute approximate surface area is 206 Å². The van der Waals surface area contributed by atoms with Gasteiger partial charge in [-0.2, -0.15) is 0 Å². The number of aromatic nitrogens is 2. The number of hydrogen-bond donors (Lipinski definition) is 1. The van der Waals surface area contributed by atoms with Gasteiger partial charge in [-0.05, 0) is 50.6 Å². The molecule has 0 aliphatic carbocycles. The Hall–Kier alpha value is -3.98. The summed E-state index contributed by atoms with van der Waals surface area (Å²) in [5.41, 5.74) is 1.81. The van der Waals surface area contributed by atoms with Crippen LogP contribution < -0.4 is 15.6 Å². The fourth-order valence-electron chi connectivity index (χ4n) is 3.49. The van der Waals surface area contributed by atoms with Crippen molar-refractivity contribution in [2.24, 2.45) is 0 Å². The molecule has 0 radical (unpaired) electrons. The molecule has 0 saturated heterocycles. The molecule has 2 aromatic heterocycles. The number of amides is 1. The summed E-state index contributed by atoms with van der Waals surface area (Å²) in [6, 6.07) is 15.8. The first kappa shape index (κ1) is 24.2. The van der Waals surface area contributed by atoms with Crippen LogP contribution in [0.25, 0.3) is 10.2 Å². The maximum atomic E-state index is 13.2. The highest BCUT2D eigenvalue weighted by Gasteiger charge is 2.23. The lowest BCUT2D eigenvalue weighted by Crippen LogP contribution is -2.31. The number of aryl methyl sites for hydroxylation is 2. The molecule has 9 heteroatoms. The average Bonchev–Trinajstić information content (AvgIpc) is 3.20. The van der Waals surface area contributed by atoms with E-state index in [-0.39, 0.29) is 24.7 Å². The van der Waals surface area contributed by atoms with Crippen LogP contribution >= 0.6 is 11.3 Å². The van der Waals surface area contributed by atoms with E-state index in [2.05, 4.69) is 10.3 Å². The Balaban J connectivity index is 1.47. The van der Waals surface area contributed by atoms with Crippen molar-refractivity contribution in [2.75, 3.05) is 18.5 Å². The van der Waals surface area contributed by atoms with Crippen LogP contribution in [0, 0.1) is 13.8 Å². The lowest BCUT2D eigenvalue weighted by Gasteiger charge is -2.15. The molecule has 0 saturated carbocycles. The Morgan fingerprint density at radius 1 is 1.06 bits per heavy atom.